The van der Waals surface area contributed by atoms with Crippen LogP contribution in [0.25, 0.3) is 5.69 Å². The number of benzene rings is 2. The Balaban J connectivity index is 1.52. The first-order valence-corrected chi connectivity index (χ1v) is 9.33. The third-order valence-electron chi connectivity index (χ3n) is 4.62. The van der Waals surface area contributed by atoms with Crippen LogP contribution < -0.4 is 0 Å². The van der Waals surface area contributed by atoms with Gasteiger partial charge in [0.1, 0.15) is 6.23 Å². The van der Waals surface area contributed by atoms with Crippen molar-refractivity contribution in [3.05, 3.63) is 88.2 Å². The molecule has 0 amide bonds. The highest BCUT2D eigenvalue weighted by atomic mass is 79.9. The fourth-order valence-electron chi connectivity index (χ4n) is 3.23. The van der Waals surface area contributed by atoms with Gasteiger partial charge in [-0.05, 0) is 42.8 Å². The molecule has 2 aromatic carbocycles. The van der Waals surface area contributed by atoms with Crippen LogP contribution in [0.5, 0.6) is 0 Å². The van der Waals surface area contributed by atoms with E-state index >= 15 is 0 Å². The summed E-state index contributed by atoms with van der Waals surface area (Å²) in [5, 5.41) is 0. The number of hydrogen-bond acceptors (Lipinski definition) is 2. The Kier molecular flexibility index (Phi) is 4.75. The molecule has 1 fully saturated rings. The van der Waals surface area contributed by atoms with Gasteiger partial charge in [0, 0.05) is 41.2 Å². The number of halogens is 1. The van der Waals surface area contributed by atoms with Crippen LogP contribution >= 0.6 is 15.9 Å². The van der Waals surface area contributed by atoms with E-state index in [2.05, 4.69) is 99.3 Å². The fourth-order valence-corrected chi connectivity index (χ4v) is 3.50. The van der Waals surface area contributed by atoms with Crippen LogP contribution in [0, 0.1) is 6.92 Å². The molecule has 3 nitrogen and oxygen atoms in total. The van der Waals surface area contributed by atoms with E-state index < -0.39 is 0 Å². The van der Waals surface area contributed by atoms with Crippen molar-refractivity contribution in [2.24, 2.45) is 0 Å². The summed E-state index contributed by atoms with van der Waals surface area (Å²) in [6, 6.07) is 19.2. The van der Waals surface area contributed by atoms with E-state index in [1.165, 1.54) is 16.7 Å². The molecule has 3 aromatic rings. The van der Waals surface area contributed by atoms with Crippen LogP contribution in [-0.4, -0.2) is 22.6 Å². The standard InChI is InChI=1S/C21H21BrN2O/c1-16-2-4-17(5-3-16)14-24-12-13-25-21(24)18-10-11-23(15-18)20-8-6-19(22)7-9-20/h2-11,15,21H,12-14H2,1H3/t21-/m1/s1. The van der Waals surface area contributed by atoms with Crippen molar-refractivity contribution >= 4 is 15.9 Å². The van der Waals surface area contributed by atoms with Gasteiger partial charge < -0.3 is 9.30 Å². The molecule has 1 saturated heterocycles. The van der Waals surface area contributed by atoms with Crippen molar-refractivity contribution in [2.45, 2.75) is 19.7 Å². The van der Waals surface area contributed by atoms with Gasteiger partial charge in [0.15, 0.2) is 0 Å². The van der Waals surface area contributed by atoms with E-state index in [0.717, 1.165) is 29.9 Å². The van der Waals surface area contributed by atoms with Gasteiger partial charge in [0.05, 0.1) is 6.61 Å². The molecular formula is C21H21BrN2O. The summed E-state index contributed by atoms with van der Waals surface area (Å²) in [4.78, 5) is 2.39. The summed E-state index contributed by atoms with van der Waals surface area (Å²) in [5.74, 6) is 0. The fraction of sp³-hybridized carbons (Fsp3) is 0.238. The summed E-state index contributed by atoms with van der Waals surface area (Å²) < 4.78 is 9.26. The Morgan fingerprint density at radius 3 is 2.56 bits per heavy atom. The zero-order chi connectivity index (χ0) is 17.2. The van der Waals surface area contributed by atoms with Crippen molar-refractivity contribution in [1.29, 1.82) is 0 Å². The topological polar surface area (TPSA) is 17.4 Å². The van der Waals surface area contributed by atoms with Crippen LogP contribution in [0.3, 0.4) is 0 Å². The molecule has 0 unspecified atom stereocenters. The lowest BCUT2D eigenvalue weighted by Crippen LogP contribution is -2.23. The maximum Gasteiger partial charge on any atom is 0.138 e. The van der Waals surface area contributed by atoms with E-state index in [1.54, 1.807) is 0 Å². The highest BCUT2D eigenvalue weighted by molar-refractivity contribution is 9.10. The minimum atomic E-state index is 0.0259. The minimum Gasteiger partial charge on any atom is -0.357 e. The molecule has 25 heavy (non-hydrogen) atoms. The molecule has 2 heterocycles. The van der Waals surface area contributed by atoms with E-state index in [1.807, 2.05) is 0 Å². The van der Waals surface area contributed by atoms with Gasteiger partial charge in [0.25, 0.3) is 0 Å². The van der Waals surface area contributed by atoms with Gasteiger partial charge in [-0.2, -0.15) is 0 Å². The molecule has 0 N–H and O–H groups in total. The van der Waals surface area contributed by atoms with Crippen LogP contribution in [0.15, 0.2) is 71.5 Å². The van der Waals surface area contributed by atoms with E-state index in [4.69, 9.17) is 4.74 Å². The van der Waals surface area contributed by atoms with Crippen LogP contribution in [0.4, 0.5) is 0 Å². The number of nitrogens with zero attached hydrogens (tertiary/aromatic N) is 2. The highest BCUT2D eigenvalue weighted by Gasteiger charge is 2.27. The highest BCUT2D eigenvalue weighted by Crippen LogP contribution is 2.29. The number of aromatic nitrogens is 1. The predicted molar refractivity (Wildman–Crippen MR) is 104 cm³/mol. The first kappa shape index (κ1) is 16.6. The summed E-state index contributed by atoms with van der Waals surface area (Å²) >= 11 is 3.48. The predicted octanol–water partition coefficient (Wildman–Crippen LogP) is 5.08. The number of ether oxygens (including phenoxy) is 1. The van der Waals surface area contributed by atoms with Gasteiger partial charge in [0.2, 0.25) is 0 Å². The maximum absolute atomic E-state index is 6.02. The van der Waals surface area contributed by atoms with Gasteiger partial charge in [-0.1, -0.05) is 45.8 Å². The Hall–Kier alpha value is -1.88. The summed E-state index contributed by atoms with van der Waals surface area (Å²) in [6.07, 6.45) is 4.30. The summed E-state index contributed by atoms with van der Waals surface area (Å²) in [7, 11) is 0. The molecule has 0 spiro atoms. The zero-order valence-electron chi connectivity index (χ0n) is 14.2. The molecule has 0 aliphatic carbocycles. The summed E-state index contributed by atoms with van der Waals surface area (Å²) in [5.41, 5.74) is 4.98. The zero-order valence-corrected chi connectivity index (χ0v) is 15.8. The van der Waals surface area contributed by atoms with E-state index in [0.29, 0.717) is 0 Å². The quantitative estimate of drug-likeness (QED) is 0.611. The molecule has 4 rings (SSSR count). The molecule has 1 atom stereocenters. The number of rotatable bonds is 4. The normalized spacial score (nSPS) is 17.9. The first-order valence-electron chi connectivity index (χ1n) is 8.54. The second-order valence-electron chi connectivity index (χ2n) is 6.51. The molecule has 0 saturated carbocycles. The molecule has 0 bridgehead atoms. The van der Waals surface area contributed by atoms with Crippen LogP contribution in [0.2, 0.25) is 0 Å². The first-order chi connectivity index (χ1) is 12.2. The van der Waals surface area contributed by atoms with Gasteiger partial charge >= 0.3 is 0 Å². The Bertz CT molecular complexity index is 839. The van der Waals surface area contributed by atoms with Gasteiger partial charge in [-0.3, -0.25) is 4.90 Å². The van der Waals surface area contributed by atoms with Crippen LogP contribution in [0.1, 0.15) is 22.9 Å². The van der Waals surface area contributed by atoms with Crippen molar-refractivity contribution in [3.8, 4) is 5.69 Å². The van der Waals surface area contributed by atoms with Crippen LogP contribution in [-0.2, 0) is 11.3 Å². The Morgan fingerprint density at radius 2 is 1.80 bits per heavy atom. The lowest BCUT2D eigenvalue weighted by molar-refractivity contribution is 0.0288. The van der Waals surface area contributed by atoms with Gasteiger partial charge in [-0.15, -0.1) is 0 Å². The number of hydrogen-bond donors (Lipinski definition) is 0. The van der Waals surface area contributed by atoms with E-state index in [9.17, 15) is 0 Å². The average molecular weight is 397 g/mol. The third-order valence-corrected chi connectivity index (χ3v) is 5.15. The molecule has 128 valence electrons. The average Bonchev–Trinajstić information content (AvgIpc) is 3.27. The third kappa shape index (κ3) is 3.71. The maximum atomic E-state index is 6.02. The lowest BCUT2D eigenvalue weighted by Gasteiger charge is -2.22. The number of aryl methyl sites for hydroxylation is 1. The van der Waals surface area contributed by atoms with Crippen molar-refractivity contribution in [2.75, 3.05) is 13.2 Å². The monoisotopic (exact) mass is 396 g/mol. The molecule has 1 aliphatic heterocycles. The molecule has 0 radical (unpaired) electrons. The smallest absolute Gasteiger partial charge is 0.138 e. The molecule has 4 heteroatoms. The minimum absolute atomic E-state index is 0.0259. The lowest BCUT2D eigenvalue weighted by atomic mass is 10.1. The van der Waals surface area contributed by atoms with E-state index in [-0.39, 0.29) is 6.23 Å². The molecule has 1 aromatic heterocycles. The second kappa shape index (κ2) is 7.16. The van der Waals surface area contributed by atoms with Crippen molar-refractivity contribution < 1.29 is 4.74 Å². The molecule has 1 aliphatic rings. The van der Waals surface area contributed by atoms with Crippen molar-refractivity contribution in [1.82, 2.24) is 9.47 Å². The summed E-state index contributed by atoms with van der Waals surface area (Å²) in [6.45, 7) is 4.77. The molecular weight excluding hydrogens is 376 g/mol. The Labute approximate surface area is 157 Å². The largest absolute Gasteiger partial charge is 0.357 e. The SMILES string of the molecule is Cc1ccc(CN2CCO[C@@H]2c2ccn(-c3ccc(Br)cc3)c2)cc1. The Morgan fingerprint density at radius 1 is 1.04 bits per heavy atom. The van der Waals surface area contributed by atoms with Crippen molar-refractivity contribution in [3.63, 3.8) is 0 Å². The van der Waals surface area contributed by atoms with Gasteiger partial charge in [-0.25, -0.2) is 0 Å². The second-order valence-corrected chi connectivity index (χ2v) is 7.42.